The van der Waals surface area contributed by atoms with Crippen molar-refractivity contribution in [3.05, 3.63) is 18.4 Å². The van der Waals surface area contributed by atoms with Crippen LogP contribution in [0.2, 0.25) is 0 Å². The number of ether oxygens (including phenoxy) is 1. The molecular formula is C5H5F3NO. The van der Waals surface area contributed by atoms with E-state index in [4.69, 9.17) is 0 Å². The fraction of sp³-hybridized carbons (Fsp3) is 0.400. The van der Waals surface area contributed by atoms with E-state index < -0.39 is 6.36 Å². The molecule has 0 bridgehead atoms. The third-order valence-corrected chi connectivity index (χ3v) is 0.889. The Hall–Kier alpha value is -0.870. The summed E-state index contributed by atoms with van der Waals surface area (Å²) < 4.78 is 37.7. The van der Waals surface area contributed by atoms with Gasteiger partial charge < -0.3 is 10.1 Å². The Kier molecular flexibility index (Phi) is 1.74. The number of alkyl halides is 3. The lowest BCUT2D eigenvalue weighted by atomic mass is 10.5. The lowest BCUT2D eigenvalue weighted by Gasteiger charge is -2.08. The molecule has 0 atom stereocenters. The van der Waals surface area contributed by atoms with Gasteiger partial charge in [-0.15, -0.1) is 13.2 Å². The minimum absolute atomic E-state index is 0.243. The molecule has 0 aromatic heterocycles. The van der Waals surface area contributed by atoms with Crippen molar-refractivity contribution < 1.29 is 17.9 Å². The van der Waals surface area contributed by atoms with Crippen molar-refractivity contribution in [1.29, 1.82) is 0 Å². The van der Waals surface area contributed by atoms with Gasteiger partial charge in [-0.05, 0) is 6.08 Å². The summed E-state index contributed by atoms with van der Waals surface area (Å²) in [6.07, 6.45) is -1.80. The van der Waals surface area contributed by atoms with Crippen molar-refractivity contribution in [3.63, 3.8) is 0 Å². The third-order valence-electron chi connectivity index (χ3n) is 0.889. The van der Waals surface area contributed by atoms with Crippen LogP contribution in [0.15, 0.2) is 12.0 Å². The van der Waals surface area contributed by atoms with Crippen LogP contribution in [-0.2, 0) is 4.74 Å². The van der Waals surface area contributed by atoms with E-state index >= 15 is 0 Å². The molecule has 0 aliphatic carbocycles. The normalized spacial score (nSPS) is 18.1. The van der Waals surface area contributed by atoms with E-state index in [9.17, 15) is 13.2 Å². The molecule has 1 aliphatic heterocycles. The summed E-state index contributed by atoms with van der Waals surface area (Å²) in [5.74, 6) is -0.243. The summed E-state index contributed by atoms with van der Waals surface area (Å²) in [6.45, 7) is 0.394. The van der Waals surface area contributed by atoms with Gasteiger partial charge in [-0.1, -0.05) is 0 Å². The molecule has 0 fully saturated rings. The zero-order valence-corrected chi connectivity index (χ0v) is 4.90. The summed E-state index contributed by atoms with van der Waals surface area (Å²) in [6, 6.07) is 0. The van der Waals surface area contributed by atoms with Crippen molar-refractivity contribution in [2.24, 2.45) is 0 Å². The summed E-state index contributed by atoms with van der Waals surface area (Å²) in [5.41, 5.74) is 0. The van der Waals surface area contributed by atoms with Gasteiger partial charge in [0, 0.05) is 13.0 Å². The average Bonchev–Trinajstić information content (AvgIpc) is 2.12. The predicted molar refractivity (Wildman–Crippen MR) is 27.5 cm³/mol. The summed E-state index contributed by atoms with van der Waals surface area (Å²) in [4.78, 5) is 0. The molecule has 0 amide bonds. The number of hydrogen-bond donors (Lipinski definition) is 1. The topological polar surface area (TPSA) is 21.3 Å². The quantitative estimate of drug-likeness (QED) is 0.609. The second kappa shape index (κ2) is 2.40. The lowest BCUT2D eigenvalue weighted by molar-refractivity contribution is -0.307. The van der Waals surface area contributed by atoms with Crippen LogP contribution in [-0.4, -0.2) is 12.9 Å². The molecular weight excluding hydrogens is 147 g/mol. The molecule has 1 rings (SSSR count). The molecule has 1 heterocycles. The van der Waals surface area contributed by atoms with Crippen LogP contribution in [0.5, 0.6) is 0 Å². The van der Waals surface area contributed by atoms with Crippen LogP contribution in [0.3, 0.4) is 0 Å². The zero-order valence-electron chi connectivity index (χ0n) is 4.90. The summed E-state index contributed by atoms with van der Waals surface area (Å²) >= 11 is 0. The third kappa shape index (κ3) is 2.16. The molecule has 5 heteroatoms. The largest absolute Gasteiger partial charge is 0.574 e. The van der Waals surface area contributed by atoms with Crippen LogP contribution in [0.25, 0.3) is 0 Å². The van der Waals surface area contributed by atoms with E-state index in [0.29, 0.717) is 6.54 Å². The Morgan fingerprint density at radius 1 is 1.50 bits per heavy atom. The van der Waals surface area contributed by atoms with Crippen LogP contribution in [0, 0.1) is 6.42 Å². The smallest absolute Gasteiger partial charge is 0.391 e. The first-order valence-electron chi connectivity index (χ1n) is 2.61. The molecule has 10 heavy (non-hydrogen) atoms. The molecule has 0 aromatic carbocycles. The minimum Gasteiger partial charge on any atom is -0.391 e. The van der Waals surface area contributed by atoms with Crippen molar-refractivity contribution in [2.75, 3.05) is 6.54 Å². The number of nitrogens with one attached hydrogen (secondary N) is 1. The Morgan fingerprint density at radius 2 is 2.20 bits per heavy atom. The number of rotatable bonds is 1. The fourth-order valence-electron chi connectivity index (χ4n) is 0.579. The van der Waals surface area contributed by atoms with Crippen LogP contribution in [0.4, 0.5) is 13.2 Å². The van der Waals surface area contributed by atoms with Crippen molar-refractivity contribution >= 4 is 0 Å². The molecule has 57 valence electrons. The van der Waals surface area contributed by atoms with Gasteiger partial charge in [-0.25, -0.2) is 0 Å². The molecule has 1 aliphatic rings. The first-order valence-corrected chi connectivity index (χ1v) is 2.61. The molecule has 0 aromatic rings. The van der Waals surface area contributed by atoms with Crippen LogP contribution in [0.1, 0.15) is 0 Å². The van der Waals surface area contributed by atoms with Crippen molar-refractivity contribution in [1.82, 2.24) is 5.32 Å². The Balaban J connectivity index is 2.38. The molecule has 0 unspecified atom stereocenters. The highest BCUT2D eigenvalue weighted by molar-refractivity contribution is 5.09. The van der Waals surface area contributed by atoms with Gasteiger partial charge in [0.05, 0.1) is 0 Å². The SMILES string of the molecule is FC(F)(F)OC1=C[CH]CN1. The highest BCUT2D eigenvalue weighted by Crippen LogP contribution is 2.20. The summed E-state index contributed by atoms with van der Waals surface area (Å²) in [5, 5.41) is 2.38. The van der Waals surface area contributed by atoms with Gasteiger partial charge >= 0.3 is 6.36 Å². The zero-order chi connectivity index (χ0) is 7.61. The first-order chi connectivity index (χ1) is 4.58. The maximum atomic E-state index is 11.4. The average molecular weight is 152 g/mol. The van der Waals surface area contributed by atoms with E-state index in [2.05, 4.69) is 10.1 Å². The van der Waals surface area contributed by atoms with Crippen LogP contribution >= 0.6 is 0 Å². The van der Waals surface area contributed by atoms with E-state index in [1.54, 1.807) is 6.42 Å². The van der Waals surface area contributed by atoms with E-state index in [1.165, 1.54) is 6.08 Å². The molecule has 0 saturated heterocycles. The van der Waals surface area contributed by atoms with E-state index in [0.717, 1.165) is 0 Å². The van der Waals surface area contributed by atoms with Gasteiger partial charge in [0.25, 0.3) is 0 Å². The maximum absolute atomic E-state index is 11.4. The monoisotopic (exact) mass is 152 g/mol. The van der Waals surface area contributed by atoms with Crippen molar-refractivity contribution in [3.8, 4) is 0 Å². The number of halogens is 3. The molecule has 1 N–H and O–H groups in total. The Morgan fingerprint density at radius 3 is 2.60 bits per heavy atom. The highest BCUT2D eigenvalue weighted by Gasteiger charge is 2.32. The highest BCUT2D eigenvalue weighted by atomic mass is 19.4. The minimum atomic E-state index is -4.59. The second-order valence-corrected chi connectivity index (χ2v) is 1.70. The van der Waals surface area contributed by atoms with E-state index in [1.807, 2.05) is 0 Å². The lowest BCUT2D eigenvalue weighted by Crippen LogP contribution is -2.19. The Labute approximate surface area is 55.7 Å². The van der Waals surface area contributed by atoms with Crippen LogP contribution < -0.4 is 5.32 Å². The molecule has 0 saturated carbocycles. The van der Waals surface area contributed by atoms with Gasteiger partial charge in [0.1, 0.15) is 0 Å². The Bertz CT molecular complexity index is 151. The number of hydrogen-bond acceptors (Lipinski definition) is 2. The van der Waals surface area contributed by atoms with Gasteiger partial charge in [0.15, 0.2) is 5.88 Å². The summed E-state index contributed by atoms with van der Waals surface area (Å²) in [7, 11) is 0. The fourth-order valence-corrected chi connectivity index (χ4v) is 0.579. The predicted octanol–water partition coefficient (Wildman–Crippen LogP) is 1.17. The molecule has 2 nitrogen and oxygen atoms in total. The van der Waals surface area contributed by atoms with E-state index in [-0.39, 0.29) is 5.88 Å². The molecule has 1 radical (unpaired) electrons. The van der Waals surface area contributed by atoms with Gasteiger partial charge in [-0.2, -0.15) is 0 Å². The maximum Gasteiger partial charge on any atom is 0.574 e. The van der Waals surface area contributed by atoms with Gasteiger partial charge in [0.2, 0.25) is 0 Å². The second-order valence-electron chi connectivity index (χ2n) is 1.70. The standard InChI is InChI=1S/C5H5F3NO/c6-5(7,8)10-4-2-1-3-9-4/h1-2,9H,3H2. The van der Waals surface area contributed by atoms with Gasteiger partial charge in [-0.3, -0.25) is 0 Å². The molecule has 0 spiro atoms. The first kappa shape index (κ1) is 7.24. The van der Waals surface area contributed by atoms with Crippen molar-refractivity contribution in [2.45, 2.75) is 6.36 Å².